The van der Waals surface area contributed by atoms with Gasteiger partial charge in [-0.3, -0.25) is 14.8 Å². The number of fused-ring (bicyclic) bond motifs is 1. The van der Waals surface area contributed by atoms with Crippen LogP contribution < -0.4 is 5.32 Å². The molecule has 0 radical (unpaired) electrons. The number of benzene rings is 1. The lowest BCUT2D eigenvalue weighted by atomic mass is 9.96. The molecular weight excluding hydrogens is 266 g/mol. The summed E-state index contributed by atoms with van der Waals surface area (Å²) in [5.41, 5.74) is 0.250. The summed E-state index contributed by atoms with van der Waals surface area (Å²) in [6.07, 6.45) is 3.90. The molecule has 21 heavy (non-hydrogen) atoms. The Morgan fingerprint density at radius 1 is 1.48 bits per heavy atom. The zero-order valence-electron chi connectivity index (χ0n) is 12.4. The van der Waals surface area contributed by atoms with E-state index in [9.17, 15) is 9.90 Å². The molecule has 5 heteroatoms. The van der Waals surface area contributed by atoms with Crippen LogP contribution in [0.2, 0.25) is 0 Å². The summed E-state index contributed by atoms with van der Waals surface area (Å²) < 4.78 is 1.99. The van der Waals surface area contributed by atoms with Crippen LogP contribution >= 0.6 is 0 Å². The number of hydrogen-bond donors (Lipinski definition) is 2. The molecular formula is C16H21N3O2. The summed E-state index contributed by atoms with van der Waals surface area (Å²) >= 11 is 0. The molecule has 0 saturated heterocycles. The van der Waals surface area contributed by atoms with E-state index in [-0.39, 0.29) is 12.1 Å². The van der Waals surface area contributed by atoms with Crippen LogP contribution in [0.25, 0.3) is 10.9 Å². The number of aromatic nitrogens is 2. The lowest BCUT2D eigenvalue weighted by Crippen LogP contribution is -2.53. The van der Waals surface area contributed by atoms with E-state index in [1.54, 1.807) is 0 Å². The van der Waals surface area contributed by atoms with Crippen LogP contribution in [0.1, 0.15) is 39.2 Å². The van der Waals surface area contributed by atoms with Gasteiger partial charge in [0.05, 0.1) is 17.8 Å². The lowest BCUT2D eigenvalue weighted by molar-refractivity contribution is -0.145. The average Bonchev–Trinajstić information content (AvgIpc) is 3.02. The maximum absolute atomic E-state index is 11.7. The van der Waals surface area contributed by atoms with Crippen LogP contribution in [0, 0.1) is 0 Å². The molecule has 2 aromatic rings. The smallest absolute Gasteiger partial charge is 0.323 e. The zero-order valence-corrected chi connectivity index (χ0v) is 12.4. The van der Waals surface area contributed by atoms with Crippen molar-refractivity contribution in [2.45, 2.75) is 50.7 Å². The van der Waals surface area contributed by atoms with Crippen LogP contribution in [-0.2, 0) is 4.79 Å². The van der Waals surface area contributed by atoms with Gasteiger partial charge in [0.2, 0.25) is 0 Å². The molecule has 5 nitrogen and oxygen atoms in total. The van der Waals surface area contributed by atoms with Crippen molar-refractivity contribution in [1.82, 2.24) is 15.1 Å². The maximum atomic E-state index is 11.7. The zero-order chi connectivity index (χ0) is 15.0. The first-order valence-corrected chi connectivity index (χ1v) is 7.45. The second kappa shape index (κ2) is 5.15. The fourth-order valence-corrected chi connectivity index (χ4v) is 3.45. The van der Waals surface area contributed by atoms with Crippen molar-refractivity contribution in [1.29, 1.82) is 0 Å². The van der Waals surface area contributed by atoms with Gasteiger partial charge in [-0.1, -0.05) is 18.2 Å². The van der Waals surface area contributed by atoms with E-state index < -0.39 is 11.5 Å². The Kier molecular flexibility index (Phi) is 3.45. The highest BCUT2D eigenvalue weighted by molar-refractivity contribution is 5.80. The number of carboxylic acids is 1. The van der Waals surface area contributed by atoms with Gasteiger partial charge in [0, 0.05) is 11.4 Å². The van der Waals surface area contributed by atoms with Gasteiger partial charge in [-0.2, -0.15) is 5.10 Å². The molecule has 1 saturated carbocycles. The molecule has 1 heterocycles. The van der Waals surface area contributed by atoms with Crippen LogP contribution in [0.4, 0.5) is 0 Å². The summed E-state index contributed by atoms with van der Waals surface area (Å²) in [5.74, 6) is -0.754. The first kappa shape index (κ1) is 14.1. The quantitative estimate of drug-likeness (QED) is 0.907. The van der Waals surface area contributed by atoms with E-state index in [0.717, 1.165) is 17.3 Å². The van der Waals surface area contributed by atoms with Gasteiger partial charge >= 0.3 is 5.97 Å². The van der Waals surface area contributed by atoms with Gasteiger partial charge in [0.15, 0.2) is 0 Å². The van der Waals surface area contributed by atoms with E-state index >= 15 is 0 Å². The summed E-state index contributed by atoms with van der Waals surface area (Å²) in [4.78, 5) is 11.7. The molecule has 2 unspecified atom stereocenters. The van der Waals surface area contributed by atoms with E-state index in [0.29, 0.717) is 12.8 Å². The summed E-state index contributed by atoms with van der Waals surface area (Å²) in [6.45, 7) is 3.97. The highest BCUT2D eigenvalue weighted by atomic mass is 16.4. The van der Waals surface area contributed by atoms with Crippen LogP contribution in [-0.4, -0.2) is 32.4 Å². The molecule has 1 fully saturated rings. The Bertz CT molecular complexity index is 664. The largest absolute Gasteiger partial charge is 0.480 e. The third-order valence-corrected chi connectivity index (χ3v) is 4.31. The lowest BCUT2D eigenvalue weighted by Gasteiger charge is -2.28. The highest BCUT2D eigenvalue weighted by Crippen LogP contribution is 2.39. The Morgan fingerprint density at radius 2 is 2.24 bits per heavy atom. The van der Waals surface area contributed by atoms with Crippen molar-refractivity contribution in [2.75, 3.05) is 0 Å². The van der Waals surface area contributed by atoms with Gasteiger partial charge in [-0.15, -0.1) is 0 Å². The summed E-state index contributed by atoms with van der Waals surface area (Å²) in [7, 11) is 0. The average molecular weight is 287 g/mol. The van der Waals surface area contributed by atoms with Crippen LogP contribution in [0.15, 0.2) is 30.5 Å². The standard InChI is InChI=1S/C16H21N3O2/c1-11(2)18-16(15(20)21)8-7-13(9-16)19-14-6-4-3-5-12(14)10-17-19/h3-6,10-11,13,18H,7-9H2,1-2H3,(H,20,21). The number of para-hydroxylation sites is 1. The highest BCUT2D eigenvalue weighted by Gasteiger charge is 2.46. The Hall–Kier alpha value is -1.88. The first-order valence-electron chi connectivity index (χ1n) is 7.45. The number of nitrogens with one attached hydrogen (secondary N) is 1. The van der Waals surface area contributed by atoms with E-state index in [4.69, 9.17) is 0 Å². The molecule has 0 bridgehead atoms. The van der Waals surface area contributed by atoms with Crippen molar-refractivity contribution in [3.63, 3.8) is 0 Å². The second-order valence-corrected chi connectivity index (χ2v) is 6.23. The molecule has 1 aliphatic carbocycles. The molecule has 3 rings (SSSR count). The predicted octanol–water partition coefficient (Wildman–Crippen LogP) is 2.58. The number of carboxylic acid groups (broad SMARTS) is 1. The number of carbonyl (C=O) groups is 1. The SMILES string of the molecule is CC(C)NC1(C(=O)O)CCC(n2ncc3ccccc32)C1. The minimum absolute atomic E-state index is 0.132. The fraction of sp³-hybridized carbons (Fsp3) is 0.500. The van der Waals surface area contributed by atoms with Crippen LogP contribution in [0.5, 0.6) is 0 Å². The predicted molar refractivity (Wildman–Crippen MR) is 81.3 cm³/mol. The fourth-order valence-electron chi connectivity index (χ4n) is 3.45. The van der Waals surface area contributed by atoms with Gasteiger partial charge in [-0.05, 0) is 39.2 Å². The molecule has 1 aromatic heterocycles. The number of rotatable bonds is 4. The third kappa shape index (κ3) is 2.42. The topological polar surface area (TPSA) is 67.2 Å². The van der Waals surface area contributed by atoms with Crippen molar-refractivity contribution >= 4 is 16.9 Å². The summed E-state index contributed by atoms with van der Waals surface area (Å²) in [6, 6.07) is 8.34. The number of hydrogen-bond acceptors (Lipinski definition) is 3. The van der Waals surface area contributed by atoms with E-state index in [1.807, 2.05) is 49.0 Å². The number of aliphatic carboxylic acids is 1. The molecule has 1 aliphatic rings. The van der Waals surface area contributed by atoms with Crippen molar-refractivity contribution < 1.29 is 9.90 Å². The second-order valence-electron chi connectivity index (χ2n) is 6.23. The van der Waals surface area contributed by atoms with E-state index in [1.165, 1.54) is 0 Å². The Balaban J connectivity index is 1.90. The van der Waals surface area contributed by atoms with Crippen molar-refractivity contribution in [3.05, 3.63) is 30.5 Å². The van der Waals surface area contributed by atoms with Crippen LogP contribution in [0.3, 0.4) is 0 Å². The first-order chi connectivity index (χ1) is 10.0. The molecule has 2 atom stereocenters. The van der Waals surface area contributed by atoms with Gasteiger partial charge < -0.3 is 5.11 Å². The molecule has 0 amide bonds. The molecule has 0 spiro atoms. The molecule has 1 aromatic carbocycles. The van der Waals surface area contributed by atoms with Crippen molar-refractivity contribution in [2.24, 2.45) is 0 Å². The summed E-state index contributed by atoms with van der Waals surface area (Å²) in [5, 5.41) is 18.5. The van der Waals surface area contributed by atoms with Gasteiger partial charge in [0.25, 0.3) is 0 Å². The minimum Gasteiger partial charge on any atom is -0.480 e. The molecule has 2 N–H and O–H groups in total. The van der Waals surface area contributed by atoms with Gasteiger partial charge in [-0.25, -0.2) is 0 Å². The number of nitrogens with zero attached hydrogens (tertiary/aromatic N) is 2. The maximum Gasteiger partial charge on any atom is 0.323 e. The van der Waals surface area contributed by atoms with E-state index in [2.05, 4.69) is 10.4 Å². The molecule has 0 aliphatic heterocycles. The Morgan fingerprint density at radius 3 is 2.95 bits per heavy atom. The van der Waals surface area contributed by atoms with Crippen molar-refractivity contribution in [3.8, 4) is 0 Å². The minimum atomic E-state index is -0.827. The van der Waals surface area contributed by atoms with Gasteiger partial charge in [0.1, 0.15) is 5.54 Å². The Labute approximate surface area is 124 Å². The molecule has 112 valence electrons. The third-order valence-electron chi connectivity index (χ3n) is 4.31. The normalized spacial score (nSPS) is 25.8. The monoisotopic (exact) mass is 287 g/mol.